The lowest BCUT2D eigenvalue weighted by Crippen LogP contribution is -2.46. The molecular formula is C8H11N3O4S. The van der Waals surface area contributed by atoms with Crippen molar-refractivity contribution in [1.29, 1.82) is 0 Å². The largest absolute Gasteiger partial charge is 0.479 e. The van der Waals surface area contributed by atoms with Crippen LogP contribution in [0, 0.1) is 0 Å². The predicted octanol–water partition coefficient (Wildman–Crippen LogP) is -0.709. The van der Waals surface area contributed by atoms with Gasteiger partial charge in [0.1, 0.15) is 5.69 Å². The zero-order chi connectivity index (χ0) is 12.3. The number of amides is 1. The Labute approximate surface area is 94.9 Å². The summed E-state index contributed by atoms with van der Waals surface area (Å²) in [5.74, 6) is -1.99. The van der Waals surface area contributed by atoms with Crippen molar-refractivity contribution in [2.24, 2.45) is 0 Å². The summed E-state index contributed by atoms with van der Waals surface area (Å²) in [5, 5.41) is 21.9. The number of aliphatic hydroxyl groups is 1. The lowest BCUT2D eigenvalue weighted by Gasteiger charge is -2.17. The summed E-state index contributed by atoms with van der Waals surface area (Å²) in [7, 11) is 0. The fourth-order valence-corrected chi connectivity index (χ4v) is 1.35. The van der Waals surface area contributed by atoms with Crippen molar-refractivity contribution in [3.8, 4) is 0 Å². The van der Waals surface area contributed by atoms with Crippen LogP contribution in [0.4, 0.5) is 5.13 Å². The molecule has 1 amide bonds. The number of carboxylic acids is 1. The Bertz CT molecular complexity index is 415. The summed E-state index contributed by atoms with van der Waals surface area (Å²) >= 11 is 1.10. The fourth-order valence-electron chi connectivity index (χ4n) is 0.810. The zero-order valence-electron chi connectivity index (χ0n) is 8.43. The molecule has 0 radical (unpaired) electrons. The predicted molar refractivity (Wildman–Crippen MR) is 57.1 cm³/mol. The average molecular weight is 245 g/mol. The average Bonchev–Trinajstić information content (AvgIpc) is 2.61. The van der Waals surface area contributed by atoms with Crippen LogP contribution in [-0.2, 0) is 4.79 Å². The highest BCUT2D eigenvalue weighted by Gasteiger charge is 2.30. The molecule has 0 bridgehead atoms. The maximum absolute atomic E-state index is 11.4. The number of carbonyl (C=O) groups is 2. The summed E-state index contributed by atoms with van der Waals surface area (Å²) in [6, 6.07) is 0. The molecule has 0 aliphatic heterocycles. The molecule has 0 aliphatic carbocycles. The Morgan fingerprint density at radius 3 is 2.75 bits per heavy atom. The number of nitrogens with one attached hydrogen (secondary N) is 1. The van der Waals surface area contributed by atoms with E-state index in [9.17, 15) is 14.7 Å². The van der Waals surface area contributed by atoms with Crippen molar-refractivity contribution in [2.45, 2.75) is 12.5 Å². The number of aliphatic carboxylic acids is 1. The molecule has 8 heteroatoms. The molecule has 1 aromatic rings. The molecule has 0 spiro atoms. The highest BCUT2D eigenvalue weighted by molar-refractivity contribution is 7.13. The second-order valence-electron chi connectivity index (χ2n) is 3.33. The first kappa shape index (κ1) is 12.4. The summed E-state index contributed by atoms with van der Waals surface area (Å²) < 4.78 is 0. The molecule has 1 atom stereocenters. The van der Waals surface area contributed by atoms with E-state index in [0.717, 1.165) is 18.3 Å². The molecule has 0 saturated heterocycles. The molecule has 0 fully saturated rings. The maximum Gasteiger partial charge on any atom is 0.337 e. The van der Waals surface area contributed by atoms with Crippen LogP contribution in [0.1, 0.15) is 17.4 Å². The minimum Gasteiger partial charge on any atom is -0.479 e. The van der Waals surface area contributed by atoms with E-state index < -0.39 is 24.0 Å². The number of anilines is 1. The number of rotatable bonds is 4. The number of nitrogens with two attached hydrogens (primary N) is 1. The van der Waals surface area contributed by atoms with Gasteiger partial charge in [-0.2, -0.15) is 0 Å². The van der Waals surface area contributed by atoms with Gasteiger partial charge in [-0.3, -0.25) is 4.79 Å². The molecule has 88 valence electrons. The molecule has 1 unspecified atom stereocenters. The van der Waals surface area contributed by atoms with Crippen LogP contribution in [0.25, 0.3) is 0 Å². The van der Waals surface area contributed by atoms with Gasteiger partial charge in [-0.15, -0.1) is 11.3 Å². The highest BCUT2D eigenvalue weighted by atomic mass is 32.1. The van der Waals surface area contributed by atoms with Gasteiger partial charge in [-0.1, -0.05) is 0 Å². The van der Waals surface area contributed by atoms with Crippen molar-refractivity contribution in [3.05, 3.63) is 11.1 Å². The van der Waals surface area contributed by atoms with Crippen molar-refractivity contribution in [2.75, 3.05) is 12.3 Å². The Morgan fingerprint density at radius 1 is 1.69 bits per heavy atom. The molecule has 0 saturated carbocycles. The van der Waals surface area contributed by atoms with Gasteiger partial charge in [0, 0.05) is 5.38 Å². The Morgan fingerprint density at radius 2 is 2.31 bits per heavy atom. The minimum absolute atomic E-state index is 0.101. The van der Waals surface area contributed by atoms with Gasteiger partial charge in [-0.25, -0.2) is 9.78 Å². The van der Waals surface area contributed by atoms with Crippen molar-refractivity contribution in [3.63, 3.8) is 0 Å². The zero-order valence-corrected chi connectivity index (χ0v) is 9.24. The molecule has 0 aliphatic rings. The molecule has 5 N–H and O–H groups in total. The Hall–Kier alpha value is -1.67. The minimum atomic E-state index is -2.00. The summed E-state index contributed by atoms with van der Waals surface area (Å²) in [4.78, 5) is 25.7. The van der Waals surface area contributed by atoms with Crippen LogP contribution in [0.15, 0.2) is 5.38 Å². The summed E-state index contributed by atoms with van der Waals surface area (Å²) in [5.41, 5.74) is 3.43. The summed E-state index contributed by atoms with van der Waals surface area (Å²) in [6.07, 6.45) is 0. The van der Waals surface area contributed by atoms with E-state index in [0.29, 0.717) is 0 Å². The molecule has 0 aromatic carbocycles. The number of hydrogen-bond acceptors (Lipinski definition) is 6. The van der Waals surface area contributed by atoms with Gasteiger partial charge in [-0.05, 0) is 6.92 Å². The molecular weight excluding hydrogens is 234 g/mol. The molecule has 1 aromatic heterocycles. The van der Waals surface area contributed by atoms with Crippen molar-refractivity contribution < 1.29 is 19.8 Å². The van der Waals surface area contributed by atoms with Gasteiger partial charge < -0.3 is 21.3 Å². The second kappa shape index (κ2) is 4.45. The van der Waals surface area contributed by atoms with Gasteiger partial charge in [0.05, 0.1) is 6.54 Å². The Kier molecular flexibility index (Phi) is 3.45. The van der Waals surface area contributed by atoms with Crippen LogP contribution in [0.2, 0.25) is 0 Å². The maximum atomic E-state index is 11.4. The van der Waals surface area contributed by atoms with Crippen molar-refractivity contribution >= 4 is 28.3 Å². The van der Waals surface area contributed by atoms with E-state index >= 15 is 0 Å². The number of nitrogens with zero attached hydrogens (tertiary/aromatic N) is 1. The van der Waals surface area contributed by atoms with E-state index in [1.165, 1.54) is 5.38 Å². The van der Waals surface area contributed by atoms with E-state index in [-0.39, 0.29) is 10.8 Å². The van der Waals surface area contributed by atoms with Gasteiger partial charge in [0.25, 0.3) is 5.91 Å². The smallest absolute Gasteiger partial charge is 0.337 e. The SMILES string of the molecule is CC(O)(CNC(=O)c1csc(N)n1)C(=O)O. The first-order valence-corrected chi connectivity index (χ1v) is 5.16. The van der Waals surface area contributed by atoms with Gasteiger partial charge in [0.15, 0.2) is 10.7 Å². The number of carbonyl (C=O) groups excluding carboxylic acids is 1. The van der Waals surface area contributed by atoms with E-state index in [2.05, 4.69) is 10.3 Å². The number of hydrogen-bond donors (Lipinski definition) is 4. The van der Waals surface area contributed by atoms with Crippen LogP contribution < -0.4 is 11.1 Å². The highest BCUT2D eigenvalue weighted by Crippen LogP contribution is 2.11. The number of carboxylic acid groups (broad SMARTS) is 1. The van der Waals surface area contributed by atoms with Crippen LogP contribution in [0.3, 0.4) is 0 Å². The first-order valence-electron chi connectivity index (χ1n) is 4.28. The molecule has 1 rings (SSSR count). The number of nitrogen functional groups attached to an aromatic ring is 1. The fraction of sp³-hybridized carbons (Fsp3) is 0.375. The van der Waals surface area contributed by atoms with E-state index in [1.54, 1.807) is 0 Å². The standard InChI is InChI=1S/C8H11N3O4S/c1-8(15,6(13)14)3-10-5(12)4-2-16-7(9)11-4/h2,15H,3H2,1H3,(H2,9,11)(H,10,12)(H,13,14). The molecule has 1 heterocycles. The lowest BCUT2D eigenvalue weighted by atomic mass is 10.1. The van der Waals surface area contributed by atoms with E-state index in [4.69, 9.17) is 10.8 Å². The third-order valence-corrected chi connectivity index (χ3v) is 2.48. The topological polar surface area (TPSA) is 126 Å². The monoisotopic (exact) mass is 245 g/mol. The lowest BCUT2D eigenvalue weighted by molar-refractivity contribution is -0.155. The van der Waals surface area contributed by atoms with E-state index in [1.807, 2.05) is 0 Å². The quantitative estimate of drug-likeness (QED) is 0.555. The third-order valence-electron chi connectivity index (χ3n) is 1.81. The van der Waals surface area contributed by atoms with Crippen LogP contribution >= 0.6 is 11.3 Å². The van der Waals surface area contributed by atoms with Crippen LogP contribution in [0.5, 0.6) is 0 Å². The van der Waals surface area contributed by atoms with Gasteiger partial charge >= 0.3 is 5.97 Å². The van der Waals surface area contributed by atoms with Crippen molar-refractivity contribution in [1.82, 2.24) is 10.3 Å². The van der Waals surface area contributed by atoms with Gasteiger partial charge in [0.2, 0.25) is 0 Å². The first-order chi connectivity index (χ1) is 7.33. The Balaban J connectivity index is 2.57. The normalized spacial score (nSPS) is 14.1. The summed E-state index contributed by atoms with van der Waals surface area (Å²) in [6.45, 7) is 0.684. The third kappa shape index (κ3) is 2.91. The second-order valence-corrected chi connectivity index (χ2v) is 4.22. The molecule has 7 nitrogen and oxygen atoms in total. The number of aromatic nitrogens is 1. The van der Waals surface area contributed by atoms with Crippen LogP contribution in [-0.4, -0.2) is 39.2 Å². The number of thiazole rings is 1. The molecule has 16 heavy (non-hydrogen) atoms.